The van der Waals surface area contributed by atoms with Gasteiger partial charge >= 0.3 is 0 Å². The topological polar surface area (TPSA) is 61.6 Å². The molecule has 0 unspecified atom stereocenters. The lowest BCUT2D eigenvalue weighted by atomic mass is 9.81. The molecule has 0 bridgehead atoms. The molecule has 1 aromatic carbocycles. The van der Waals surface area contributed by atoms with Gasteiger partial charge in [0, 0.05) is 26.1 Å². The van der Waals surface area contributed by atoms with Crippen molar-refractivity contribution in [2.45, 2.75) is 51.6 Å². The zero-order valence-corrected chi connectivity index (χ0v) is 18.8. The first kappa shape index (κ1) is 22.0. The molecule has 0 aliphatic carbocycles. The summed E-state index contributed by atoms with van der Waals surface area (Å²) in [5.74, 6) is 1.99. The molecule has 6 heteroatoms. The van der Waals surface area contributed by atoms with Crippen molar-refractivity contribution >= 4 is 5.91 Å². The third-order valence-electron chi connectivity index (χ3n) is 6.80. The van der Waals surface area contributed by atoms with Crippen LogP contribution in [0.25, 0.3) is 0 Å². The van der Waals surface area contributed by atoms with Crippen molar-refractivity contribution in [3.63, 3.8) is 0 Å². The van der Waals surface area contributed by atoms with Crippen molar-refractivity contribution in [1.82, 2.24) is 20.3 Å². The number of rotatable bonds is 8. The lowest BCUT2D eigenvalue weighted by molar-refractivity contribution is -0.132. The van der Waals surface area contributed by atoms with Crippen LogP contribution in [0.1, 0.15) is 49.1 Å². The monoisotopic (exact) mass is 424 g/mol. The molecule has 3 heterocycles. The van der Waals surface area contributed by atoms with Crippen LogP contribution in [-0.4, -0.2) is 54.1 Å². The average Bonchev–Trinajstić information content (AvgIpc) is 3.23. The molecule has 0 radical (unpaired) electrons. The van der Waals surface area contributed by atoms with Crippen LogP contribution in [0.5, 0.6) is 0 Å². The minimum atomic E-state index is 0.228. The maximum atomic E-state index is 12.9. The summed E-state index contributed by atoms with van der Waals surface area (Å²) in [4.78, 5) is 17.2. The SMILES string of the molecule is CN(Cc1ccccc1)C(=O)C[C@@H]1CCNC[C@@H]1Cc1cc(CN2CCCCC2)on1. The Morgan fingerprint density at radius 3 is 2.81 bits per heavy atom. The molecular formula is C25H36N4O2. The lowest BCUT2D eigenvalue weighted by Gasteiger charge is -2.32. The summed E-state index contributed by atoms with van der Waals surface area (Å²) < 4.78 is 5.64. The summed E-state index contributed by atoms with van der Waals surface area (Å²) >= 11 is 0. The number of aromatic nitrogens is 1. The van der Waals surface area contributed by atoms with E-state index in [9.17, 15) is 4.79 Å². The number of carbonyl (C=O) groups is 1. The molecule has 0 spiro atoms. The van der Waals surface area contributed by atoms with E-state index in [1.807, 2.05) is 30.1 Å². The van der Waals surface area contributed by atoms with Crippen molar-refractivity contribution in [2.24, 2.45) is 11.8 Å². The largest absolute Gasteiger partial charge is 0.360 e. The second-order valence-corrected chi connectivity index (χ2v) is 9.28. The molecule has 6 nitrogen and oxygen atoms in total. The first-order valence-electron chi connectivity index (χ1n) is 11.8. The van der Waals surface area contributed by atoms with Crippen LogP contribution in [0, 0.1) is 11.8 Å². The number of nitrogens with zero attached hydrogens (tertiary/aromatic N) is 3. The molecule has 2 fully saturated rings. The molecule has 2 aliphatic rings. The first-order chi connectivity index (χ1) is 15.2. The Labute approximate surface area is 186 Å². The van der Waals surface area contributed by atoms with Crippen molar-refractivity contribution in [3.05, 3.63) is 53.4 Å². The van der Waals surface area contributed by atoms with Crippen LogP contribution in [-0.2, 0) is 24.3 Å². The second-order valence-electron chi connectivity index (χ2n) is 9.28. The van der Waals surface area contributed by atoms with Crippen molar-refractivity contribution in [1.29, 1.82) is 0 Å². The van der Waals surface area contributed by atoms with Gasteiger partial charge < -0.3 is 14.7 Å². The van der Waals surface area contributed by atoms with E-state index in [1.165, 1.54) is 24.8 Å². The standard InChI is InChI=1S/C25H36N4O2/c1-28(18-20-8-4-2-5-9-20)25(30)15-21-10-11-26-17-22(21)14-23-16-24(31-27-23)19-29-12-6-3-7-13-29/h2,4-5,8-9,16,21-22,26H,3,6-7,10-15,17-19H2,1H3/t21-,22-/m0/s1. The van der Waals surface area contributed by atoms with Gasteiger partial charge in [-0.1, -0.05) is 41.9 Å². The predicted molar refractivity (Wildman–Crippen MR) is 121 cm³/mol. The summed E-state index contributed by atoms with van der Waals surface area (Å²) in [5, 5.41) is 7.86. The zero-order chi connectivity index (χ0) is 21.5. The van der Waals surface area contributed by atoms with Gasteiger partial charge in [0.15, 0.2) is 5.76 Å². The molecule has 31 heavy (non-hydrogen) atoms. The highest BCUT2D eigenvalue weighted by Gasteiger charge is 2.29. The van der Waals surface area contributed by atoms with E-state index in [1.54, 1.807) is 0 Å². The number of carbonyl (C=O) groups excluding carboxylic acids is 1. The summed E-state index contributed by atoms with van der Waals surface area (Å²) in [5.41, 5.74) is 2.19. The van der Waals surface area contributed by atoms with Crippen LogP contribution in [0.4, 0.5) is 0 Å². The molecule has 1 amide bonds. The fourth-order valence-electron chi connectivity index (χ4n) is 4.94. The van der Waals surface area contributed by atoms with Gasteiger partial charge in [-0.05, 0) is 69.3 Å². The molecule has 1 aromatic heterocycles. The summed E-state index contributed by atoms with van der Waals surface area (Å²) in [6.07, 6.45) is 6.42. The van der Waals surface area contributed by atoms with Crippen molar-refractivity contribution in [3.8, 4) is 0 Å². The van der Waals surface area contributed by atoms with Crippen LogP contribution in [0.3, 0.4) is 0 Å². The van der Waals surface area contributed by atoms with E-state index >= 15 is 0 Å². The Kier molecular flexibility index (Phi) is 7.76. The van der Waals surface area contributed by atoms with Crippen LogP contribution in [0.2, 0.25) is 0 Å². The van der Waals surface area contributed by atoms with Crippen LogP contribution in [0.15, 0.2) is 40.9 Å². The third-order valence-corrected chi connectivity index (χ3v) is 6.80. The quantitative estimate of drug-likeness (QED) is 0.703. The Morgan fingerprint density at radius 2 is 2.00 bits per heavy atom. The second kappa shape index (κ2) is 10.9. The smallest absolute Gasteiger partial charge is 0.222 e. The molecule has 1 N–H and O–H groups in total. The van der Waals surface area contributed by atoms with E-state index in [0.29, 0.717) is 24.8 Å². The van der Waals surface area contributed by atoms with E-state index in [4.69, 9.17) is 4.52 Å². The van der Waals surface area contributed by atoms with Gasteiger partial charge in [-0.25, -0.2) is 0 Å². The minimum absolute atomic E-state index is 0.228. The van der Waals surface area contributed by atoms with Gasteiger partial charge in [0.05, 0.1) is 12.2 Å². The molecule has 0 saturated carbocycles. The number of piperidine rings is 2. The maximum Gasteiger partial charge on any atom is 0.222 e. The van der Waals surface area contributed by atoms with Gasteiger partial charge in [-0.15, -0.1) is 0 Å². The number of benzene rings is 1. The molecule has 2 atom stereocenters. The molecular weight excluding hydrogens is 388 g/mol. The number of hydrogen-bond donors (Lipinski definition) is 1. The Balaban J connectivity index is 1.30. The number of likely N-dealkylation sites (tertiary alicyclic amines) is 1. The Morgan fingerprint density at radius 1 is 1.19 bits per heavy atom. The van der Waals surface area contributed by atoms with E-state index < -0.39 is 0 Å². The van der Waals surface area contributed by atoms with Gasteiger partial charge in [-0.3, -0.25) is 9.69 Å². The first-order valence-corrected chi connectivity index (χ1v) is 11.8. The van der Waals surface area contributed by atoms with Crippen molar-refractivity contribution < 1.29 is 9.32 Å². The third kappa shape index (κ3) is 6.40. The fraction of sp³-hybridized carbons (Fsp3) is 0.600. The van der Waals surface area contributed by atoms with E-state index in [0.717, 1.165) is 57.0 Å². The summed E-state index contributed by atoms with van der Waals surface area (Å²) in [6, 6.07) is 12.3. The molecule has 2 aromatic rings. The highest BCUT2D eigenvalue weighted by atomic mass is 16.5. The number of hydrogen-bond acceptors (Lipinski definition) is 5. The van der Waals surface area contributed by atoms with Gasteiger partial charge in [0.25, 0.3) is 0 Å². The van der Waals surface area contributed by atoms with Gasteiger partial charge in [0.2, 0.25) is 5.91 Å². The summed E-state index contributed by atoms with van der Waals surface area (Å²) in [7, 11) is 1.91. The van der Waals surface area contributed by atoms with E-state index in [-0.39, 0.29) is 5.91 Å². The maximum absolute atomic E-state index is 12.9. The molecule has 168 valence electrons. The summed E-state index contributed by atoms with van der Waals surface area (Å²) in [6.45, 7) is 5.76. The number of amides is 1. The molecule has 2 aliphatic heterocycles. The molecule has 4 rings (SSSR count). The zero-order valence-electron chi connectivity index (χ0n) is 18.8. The minimum Gasteiger partial charge on any atom is -0.360 e. The van der Waals surface area contributed by atoms with Crippen LogP contribution < -0.4 is 5.32 Å². The highest BCUT2D eigenvalue weighted by molar-refractivity contribution is 5.76. The van der Waals surface area contributed by atoms with Crippen molar-refractivity contribution in [2.75, 3.05) is 33.2 Å². The lowest BCUT2D eigenvalue weighted by Crippen LogP contribution is -2.40. The average molecular weight is 425 g/mol. The highest BCUT2D eigenvalue weighted by Crippen LogP contribution is 2.27. The Bertz CT molecular complexity index is 816. The van der Waals surface area contributed by atoms with Crippen LogP contribution >= 0.6 is 0 Å². The number of nitrogens with one attached hydrogen (secondary N) is 1. The fourth-order valence-corrected chi connectivity index (χ4v) is 4.94. The molecule has 2 saturated heterocycles. The van der Waals surface area contributed by atoms with Gasteiger partial charge in [0.1, 0.15) is 0 Å². The van der Waals surface area contributed by atoms with E-state index in [2.05, 4.69) is 33.6 Å². The van der Waals surface area contributed by atoms with Gasteiger partial charge in [-0.2, -0.15) is 0 Å². The predicted octanol–water partition coefficient (Wildman–Crippen LogP) is 3.48. The normalized spacial score (nSPS) is 22.4. The Hall–Kier alpha value is -2.18.